The Hall–Kier alpha value is -3.07. The quantitative estimate of drug-likeness (QED) is 0.497. The fourth-order valence-corrected chi connectivity index (χ4v) is 5.69. The van der Waals surface area contributed by atoms with Crippen molar-refractivity contribution >= 4 is 34.3 Å². The summed E-state index contributed by atoms with van der Waals surface area (Å²) in [7, 11) is 0. The summed E-state index contributed by atoms with van der Waals surface area (Å²) >= 11 is 3.27. The molecule has 4 heterocycles. The molecule has 1 aliphatic rings. The second kappa shape index (κ2) is 10.2. The molecule has 9 nitrogen and oxygen atoms in total. The summed E-state index contributed by atoms with van der Waals surface area (Å²) in [6.07, 6.45) is 6.18. The van der Waals surface area contributed by atoms with Gasteiger partial charge in [0.15, 0.2) is 10.0 Å². The van der Waals surface area contributed by atoms with Gasteiger partial charge >= 0.3 is 0 Å². The second-order valence-electron chi connectivity index (χ2n) is 7.83. The van der Waals surface area contributed by atoms with E-state index in [9.17, 15) is 10.1 Å². The molecule has 0 unspecified atom stereocenters. The number of nitrogens with zero attached hydrogens (tertiary/aromatic N) is 5. The van der Waals surface area contributed by atoms with Crippen LogP contribution in [0.5, 0.6) is 5.88 Å². The lowest BCUT2D eigenvalue weighted by molar-refractivity contribution is 0.0992. The first-order valence-electron chi connectivity index (χ1n) is 10.7. The lowest BCUT2D eigenvalue weighted by Crippen LogP contribution is -2.34. The predicted molar refractivity (Wildman–Crippen MR) is 128 cm³/mol. The maximum absolute atomic E-state index is 12.1. The number of carbonyl (C=O) groups is 1. The Kier molecular flexibility index (Phi) is 7.17. The number of ether oxygens (including phenoxy) is 1. The SMILES string of the molecule is CCOc1nc(C(N)=O)c(CC2CCN(Cc3cnc(-c4nccs4)s3)CC2)c(N)c1C#N. The van der Waals surface area contributed by atoms with Gasteiger partial charge in [0.2, 0.25) is 5.88 Å². The molecule has 4 N–H and O–H groups in total. The maximum atomic E-state index is 12.1. The van der Waals surface area contributed by atoms with Crippen molar-refractivity contribution in [1.29, 1.82) is 5.26 Å². The molecule has 0 radical (unpaired) electrons. The van der Waals surface area contributed by atoms with E-state index in [1.54, 1.807) is 35.8 Å². The van der Waals surface area contributed by atoms with Crippen LogP contribution < -0.4 is 16.2 Å². The van der Waals surface area contributed by atoms with Crippen LogP contribution in [0.25, 0.3) is 10.0 Å². The Bertz CT molecular complexity index is 1160. The molecule has 0 aromatic carbocycles. The van der Waals surface area contributed by atoms with Crippen molar-refractivity contribution in [3.63, 3.8) is 0 Å². The Morgan fingerprint density at radius 1 is 1.33 bits per heavy atom. The molecule has 3 aromatic rings. The van der Waals surface area contributed by atoms with Crippen molar-refractivity contribution in [3.8, 4) is 22.0 Å². The lowest BCUT2D eigenvalue weighted by atomic mass is 9.88. The fraction of sp³-hybridized carbons (Fsp3) is 0.409. The average molecular weight is 484 g/mol. The van der Waals surface area contributed by atoms with Crippen molar-refractivity contribution in [3.05, 3.63) is 39.5 Å². The molecule has 1 aliphatic heterocycles. The molecule has 0 spiro atoms. The van der Waals surface area contributed by atoms with E-state index in [1.807, 2.05) is 11.6 Å². The number of hydrogen-bond donors (Lipinski definition) is 2. The molecule has 0 aliphatic carbocycles. The zero-order valence-corrected chi connectivity index (χ0v) is 19.9. The van der Waals surface area contributed by atoms with E-state index >= 15 is 0 Å². The first-order valence-corrected chi connectivity index (χ1v) is 12.4. The second-order valence-corrected chi connectivity index (χ2v) is 9.84. The maximum Gasteiger partial charge on any atom is 0.267 e. The number of nitrogen functional groups attached to an aromatic ring is 1. The number of primary amides is 1. The smallest absolute Gasteiger partial charge is 0.267 e. The third-order valence-electron chi connectivity index (χ3n) is 5.68. The molecule has 4 rings (SSSR count). The Morgan fingerprint density at radius 2 is 2.12 bits per heavy atom. The number of anilines is 1. The van der Waals surface area contributed by atoms with Gasteiger partial charge in [0.05, 0.1) is 12.3 Å². The van der Waals surface area contributed by atoms with Gasteiger partial charge in [-0.15, -0.1) is 22.7 Å². The van der Waals surface area contributed by atoms with Crippen LogP contribution in [0.1, 0.15) is 46.3 Å². The van der Waals surface area contributed by atoms with E-state index in [1.165, 1.54) is 4.88 Å². The highest BCUT2D eigenvalue weighted by Gasteiger charge is 2.26. The third-order valence-corrected chi connectivity index (χ3v) is 7.58. The Labute approximate surface area is 200 Å². The molecule has 0 bridgehead atoms. The number of likely N-dealkylation sites (tertiary alicyclic amines) is 1. The molecule has 1 amide bonds. The molecule has 33 heavy (non-hydrogen) atoms. The van der Waals surface area contributed by atoms with Crippen LogP contribution in [0.4, 0.5) is 5.69 Å². The van der Waals surface area contributed by atoms with Crippen LogP contribution in [0.3, 0.4) is 0 Å². The number of nitriles is 1. The summed E-state index contributed by atoms with van der Waals surface area (Å²) in [4.78, 5) is 28.8. The monoisotopic (exact) mass is 483 g/mol. The minimum absolute atomic E-state index is 0.0616. The van der Waals surface area contributed by atoms with Crippen molar-refractivity contribution in [2.45, 2.75) is 32.7 Å². The van der Waals surface area contributed by atoms with Gasteiger partial charge in [0, 0.05) is 34.8 Å². The van der Waals surface area contributed by atoms with Crippen LogP contribution in [0.15, 0.2) is 17.8 Å². The molecule has 0 saturated carbocycles. The summed E-state index contributed by atoms with van der Waals surface area (Å²) in [6, 6.07) is 2.06. The van der Waals surface area contributed by atoms with E-state index in [-0.39, 0.29) is 22.8 Å². The topological polar surface area (TPSA) is 144 Å². The number of aromatic nitrogens is 3. The third kappa shape index (κ3) is 5.13. The summed E-state index contributed by atoms with van der Waals surface area (Å²) in [5.41, 5.74) is 12.9. The molecular weight excluding hydrogens is 458 g/mol. The first-order chi connectivity index (χ1) is 16.0. The molecule has 3 aromatic heterocycles. The van der Waals surface area contributed by atoms with Gasteiger partial charge < -0.3 is 16.2 Å². The number of rotatable bonds is 8. The highest BCUT2D eigenvalue weighted by molar-refractivity contribution is 7.20. The molecule has 0 atom stereocenters. The Balaban J connectivity index is 1.42. The van der Waals surface area contributed by atoms with Gasteiger partial charge in [-0.1, -0.05) is 0 Å². The summed E-state index contributed by atoms with van der Waals surface area (Å²) in [6.45, 7) is 4.79. The largest absolute Gasteiger partial charge is 0.477 e. The number of hydrogen-bond acceptors (Lipinski definition) is 10. The van der Waals surface area contributed by atoms with Crippen LogP contribution in [0.2, 0.25) is 0 Å². The minimum Gasteiger partial charge on any atom is -0.477 e. The molecular formula is C22H25N7O2S2. The highest BCUT2D eigenvalue weighted by Crippen LogP contribution is 2.33. The van der Waals surface area contributed by atoms with E-state index in [0.717, 1.165) is 42.5 Å². The number of thiazole rings is 2. The molecule has 11 heteroatoms. The van der Waals surface area contributed by atoms with E-state index in [2.05, 4.69) is 25.9 Å². The number of carbonyl (C=O) groups excluding carboxylic acids is 1. The van der Waals surface area contributed by atoms with Gasteiger partial charge in [-0.3, -0.25) is 9.69 Å². The summed E-state index contributed by atoms with van der Waals surface area (Å²) in [5.74, 6) is -0.285. The van der Waals surface area contributed by atoms with Crippen LogP contribution in [0, 0.1) is 17.2 Å². The standard InChI is InChI=1S/C22H25N7O2S2/c1-2-31-20-16(10-23)17(24)15(18(28-20)19(25)30)9-13-3-6-29(7-4-13)12-14-11-27-22(33-14)21-26-5-8-32-21/h5,8,11,13H,2-4,6-7,9,12H2,1H3,(H2,24,28)(H2,25,30). The lowest BCUT2D eigenvalue weighted by Gasteiger charge is -2.32. The van der Waals surface area contributed by atoms with Gasteiger partial charge in [-0.2, -0.15) is 5.26 Å². The molecule has 1 saturated heterocycles. The van der Waals surface area contributed by atoms with Gasteiger partial charge in [0.1, 0.15) is 17.3 Å². The zero-order valence-electron chi connectivity index (χ0n) is 18.3. The summed E-state index contributed by atoms with van der Waals surface area (Å²) < 4.78 is 5.41. The minimum atomic E-state index is -0.666. The summed E-state index contributed by atoms with van der Waals surface area (Å²) in [5, 5.41) is 13.4. The van der Waals surface area contributed by atoms with E-state index in [0.29, 0.717) is 24.5 Å². The van der Waals surface area contributed by atoms with Crippen LogP contribution >= 0.6 is 22.7 Å². The predicted octanol–water partition coefficient (Wildman–Crippen LogP) is 3.07. The van der Waals surface area contributed by atoms with Gasteiger partial charge in [0.25, 0.3) is 5.91 Å². The number of pyridine rings is 1. The molecule has 1 fully saturated rings. The van der Waals surface area contributed by atoms with Crippen LogP contribution in [-0.2, 0) is 13.0 Å². The van der Waals surface area contributed by atoms with E-state index in [4.69, 9.17) is 16.2 Å². The van der Waals surface area contributed by atoms with Gasteiger partial charge in [-0.05, 0) is 45.2 Å². The normalized spacial score (nSPS) is 14.8. The highest BCUT2D eigenvalue weighted by atomic mass is 32.1. The van der Waals surface area contributed by atoms with Crippen molar-refractivity contribution in [1.82, 2.24) is 19.9 Å². The fourth-order valence-electron chi connectivity index (χ4n) is 4.04. The zero-order chi connectivity index (χ0) is 23.4. The first kappa shape index (κ1) is 23.1. The van der Waals surface area contributed by atoms with E-state index < -0.39 is 5.91 Å². The van der Waals surface area contributed by atoms with Crippen molar-refractivity contribution in [2.75, 3.05) is 25.4 Å². The van der Waals surface area contributed by atoms with Crippen LogP contribution in [-0.4, -0.2) is 45.5 Å². The van der Waals surface area contributed by atoms with Gasteiger partial charge in [-0.25, -0.2) is 15.0 Å². The molecule has 172 valence electrons. The number of nitrogens with two attached hydrogens (primary N) is 2. The average Bonchev–Trinajstić information content (AvgIpc) is 3.49. The van der Waals surface area contributed by atoms with Crippen molar-refractivity contribution < 1.29 is 9.53 Å². The Morgan fingerprint density at radius 3 is 2.76 bits per heavy atom. The number of piperidine rings is 1. The number of amides is 1. The van der Waals surface area contributed by atoms with Crippen molar-refractivity contribution in [2.24, 2.45) is 11.7 Å².